The first-order valence-corrected chi connectivity index (χ1v) is 7.31. The topological polar surface area (TPSA) is 43.4 Å². The highest BCUT2D eigenvalue weighted by atomic mass is 32.2. The Hall–Kier alpha value is -0.420. The number of ketones is 1. The SMILES string of the molecule is CCOC(=O)C(C(C)=O)=C1SCCCCS1. The fraction of sp³-hybridized carbons (Fsp3) is 0.636. The Morgan fingerprint density at radius 1 is 1.25 bits per heavy atom. The van der Waals surface area contributed by atoms with Crippen molar-refractivity contribution in [3.05, 3.63) is 9.81 Å². The number of Topliss-reactive ketones (excluding diaryl/α,β-unsaturated/α-hetero) is 1. The van der Waals surface area contributed by atoms with Crippen LogP contribution in [0.5, 0.6) is 0 Å². The van der Waals surface area contributed by atoms with E-state index in [1.54, 1.807) is 30.4 Å². The van der Waals surface area contributed by atoms with E-state index in [0.717, 1.165) is 28.6 Å². The smallest absolute Gasteiger partial charge is 0.343 e. The third kappa shape index (κ3) is 3.87. The van der Waals surface area contributed by atoms with E-state index in [4.69, 9.17) is 4.74 Å². The molecule has 0 aromatic heterocycles. The lowest BCUT2D eigenvalue weighted by Gasteiger charge is -2.09. The van der Waals surface area contributed by atoms with Gasteiger partial charge in [0.15, 0.2) is 5.78 Å². The summed E-state index contributed by atoms with van der Waals surface area (Å²) in [6.45, 7) is 3.47. The predicted molar refractivity (Wildman–Crippen MR) is 68.5 cm³/mol. The molecule has 1 saturated heterocycles. The van der Waals surface area contributed by atoms with Gasteiger partial charge in [0.1, 0.15) is 5.57 Å². The largest absolute Gasteiger partial charge is 0.462 e. The van der Waals surface area contributed by atoms with Gasteiger partial charge in [-0.25, -0.2) is 4.79 Å². The standard InChI is InChI=1S/C11H16O3S2/c1-3-14-10(13)9(8(2)12)11-15-6-4-5-7-16-11/h3-7H2,1-2H3. The third-order valence-corrected chi connectivity index (χ3v) is 4.67. The molecule has 1 fully saturated rings. The molecule has 0 spiro atoms. The Morgan fingerprint density at radius 3 is 2.25 bits per heavy atom. The fourth-order valence-corrected chi connectivity index (χ4v) is 3.94. The molecule has 0 aliphatic carbocycles. The molecule has 1 aliphatic heterocycles. The van der Waals surface area contributed by atoms with Gasteiger partial charge < -0.3 is 4.74 Å². The van der Waals surface area contributed by atoms with Crippen LogP contribution in [0.3, 0.4) is 0 Å². The summed E-state index contributed by atoms with van der Waals surface area (Å²) in [6.07, 6.45) is 2.27. The van der Waals surface area contributed by atoms with Crippen molar-refractivity contribution in [1.29, 1.82) is 0 Å². The van der Waals surface area contributed by atoms with Gasteiger partial charge in [0.2, 0.25) is 0 Å². The quantitative estimate of drug-likeness (QED) is 0.338. The summed E-state index contributed by atoms with van der Waals surface area (Å²) in [4.78, 5) is 23.2. The number of hydrogen-bond donors (Lipinski definition) is 0. The maximum Gasteiger partial charge on any atom is 0.343 e. The van der Waals surface area contributed by atoms with E-state index in [0.29, 0.717) is 6.61 Å². The second kappa shape index (κ2) is 7.01. The van der Waals surface area contributed by atoms with E-state index in [1.807, 2.05) is 0 Å². The van der Waals surface area contributed by atoms with E-state index >= 15 is 0 Å². The van der Waals surface area contributed by atoms with Crippen LogP contribution in [0, 0.1) is 0 Å². The number of ether oxygens (including phenoxy) is 1. The summed E-state index contributed by atoms with van der Waals surface area (Å²) in [7, 11) is 0. The average molecular weight is 260 g/mol. The molecule has 3 nitrogen and oxygen atoms in total. The van der Waals surface area contributed by atoms with Gasteiger partial charge in [0.25, 0.3) is 0 Å². The minimum Gasteiger partial charge on any atom is -0.462 e. The summed E-state index contributed by atoms with van der Waals surface area (Å²) in [6, 6.07) is 0. The molecule has 0 saturated carbocycles. The molecular weight excluding hydrogens is 244 g/mol. The van der Waals surface area contributed by atoms with Crippen molar-refractivity contribution in [3.8, 4) is 0 Å². The van der Waals surface area contributed by atoms with Crippen molar-refractivity contribution in [3.63, 3.8) is 0 Å². The number of carbonyl (C=O) groups excluding carboxylic acids is 2. The van der Waals surface area contributed by atoms with Crippen LogP contribution in [0.2, 0.25) is 0 Å². The lowest BCUT2D eigenvalue weighted by Crippen LogP contribution is -2.15. The van der Waals surface area contributed by atoms with E-state index in [2.05, 4.69) is 0 Å². The van der Waals surface area contributed by atoms with Gasteiger partial charge in [0.05, 0.1) is 10.8 Å². The van der Waals surface area contributed by atoms with E-state index in [-0.39, 0.29) is 11.4 Å². The number of rotatable bonds is 3. The lowest BCUT2D eigenvalue weighted by atomic mass is 10.2. The fourth-order valence-electron chi connectivity index (χ4n) is 1.29. The zero-order valence-corrected chi connectivity index (χ0v) is 11.2. The van der Waals surface area contributed by atoms with Gasteiger partial charge in [-0.1, -0.05) is 0 Å². The predicted octanol–water partition coefficient (Wildman–Crippen LogP) is 2.61. The van der Waals surface area contributed by atoms with Crippen LogP contribution in [-0.2, 0) is 14.3 Å². The van der Waals surface area contributed by atoms with Crippen LogP contribution in [0.4, 0.5) is 0 Å². The van der Waals surface area contributed by atoms with Crippen molar-refractivity contribution >= 4 is 35.3 Å². The summed E-state index contributed by atoms with van der Waals surface area (Å²) in [5, 5.41) is 0. The van der Waals surface area contributed by atoms with Crippen LogP contribution in [-0.4, -0.2) is 29.9 Å². The molecule has 0 bridgehead atoms. The summed E-state index contributed by atoms with van der Waals surface area (Å²) >= 11 is 3.19. The lowest BCUT2D eigenvalue weighted by molar-refractivity contribution is -0.139. The zero-order valence-electron chi connectivity index (χ0n) is 9.58. The number of carbonyl (C=O) groups is 2. The molecule has 0 radical (unpaired) electrons. The Morgan fingerprint density at radius 2 is 1.81 bits per heavy atom. The summed E-state index contributed by atoms with van der Waals surface area (Å²) in [5.41, 5.74) is 0.235. The molecule has 0 aromatic rings. The monoisotopic (exact) mass is 260 g/mol. The van der Waals surface area contributed by atoms with Crippen molar-refractivity contribution in [2.24, 2.45) is 0 Å². The van der Waals surface area contributed by atoms with Crippen molar-refractivity contribution in [1.82, 2.24) is 0 Å². The normalized spacial score (nSPS) is 16.5. The molecule has 1 rings (SSSR count). The number of esters is 1. The van der Waals surface area contributed by atoms with E-state index < -0.39 is 5.97 Å². The van der Waals surface area contributed by atoms with Crippen LogP contribution in [0.1, 0.15) is 26.7 Å². The van der Waals surface area contributed by atoms with Crippen LogP contribution < -0.4 is 0 Å². The summed E-state index contributed by atoms with van der Waals surface area (Å²) < 4.78 is 5.75. The Balaban J connectivity index is 2.92. The maximum absolute atomic E-state index is 11.7. The molecule has 0 aromatic carbocycles. The maximum atomic E-state index is 11.7. The van der Waals surface area contributed by atoms with Crippen molar-refractivity contribution in [2.45, 2.75) is 26.7 Å². The highest BCUT2D eigenvalue weighted by Crippen LogP contribution is 2.36. The first-order chi connectivity index (χ1) is 7.66. The molecule has 90 valence electrons. The molecular formula is C11H16O3S2. The molecule has 5 heteroatoms. The minimum atomic E-state index is -0.480. The second-order valence-corrected chi connectivity index (χ2v) is 5.81. The van der Waals surface area contributed by atoms with Gasteiger partial charge in [-0.05, 0) is 38.2 Å². The third-order valence-electron chi connectivity index (χ3n) is 2.04. The Bertz CT molecular complexity index is 300. The molecule has 0 amide bonds. The van der Waals surface area contributed by atoms with Gasteiger partial charge in [0, 0.05) is 0 Å². The van der Waals surface area contributed by atoms with Gasteiger partial charge >= 0.3 is 5.97 Å². The van der Waals surface area contributed by atoms with Gasteiger partial charge in [-0.2, -0.15) is 0 Å². The number of thioether (sulfide) groups is 2. The van der Waals surface area contributed by atoms with Crippen LogP contribution in [0.25, 0.3) is 0 Å². The average Bonchev–Trinajstić information content (AvgIpc) is 2.46. The number of hydrogen-bond acceptors (Lipinski definition) is 5. The molecule has 16 heavy (non-hydrogen) atoms. The van der Waals surface area contributed by atoms with Gasteiger partial charge in [-0.15, -0.1) is 23.5 Å². The highest BCUT2D eigenvalue weighted by Gasteiger charge is 2.22. The second-order valence-electron chi connectivity index (χ2n) is 3.34. The molecule has 1 aliphatic rings. The van der Waals surface area contributed by atoms with E-state index in [9.17, 15) is 9.59 Å². The molecule has 0 N–H and O–H groups in total. The minimum absolute atomic E-state index is 0.199. The van der Waals surface area contributed by atoms with Gasteiger partial charge in [-0.3, -0.25) is 4.79 Å². The highest BCUT2D eigenvalue weighted by molar-refractivity contribution is 8.22. The van der Waals surface area contributed by atoms with Crippen molar-refractivity contribution in [2.75, 3.05) is 18.1 Å². The first-order valence-electron chi connectivity index (χ1n) is 5.34. The van der Waals surface area contributed by atoms with E-state index in [1.165, 1.54) is 6.92 Å². The molecule has 1 heterocycles. The first kappa shape index (κ1) is 13.6. The Labute approximate surface area is 104 Å². The van der Waals surface area contributed by atoms with Crippen LogP contribution >= 0.6 is 23.5 Å². The van der Waals surface area contributed by atoms with Crippen molar-refractivity contribution < 1.29 is 14.3 Å². The molecule has 0 atom stereocenters. The zero-order chi connectivity index (χ0) is 12.0. The molecule has 0 unspecified atom stereocenters. The summed E-state index contributed by atoms with van der Waals surface area (Å²) in [5.74, 6) is 1.26. The Kier molecular flexibility index (Phi) is 5.98. The van der Waals surface area contributed by atoms with Crippen LogP contribution in [0.15, 0.2) is 9.81 Å².